The smallest absolute Gasteiger partial charge is 0.329 e. The van der Waals surface area contributed by atoms with Gasteiger partial charge in [-0.3, -0.25) is 10.2 Å². The van der Waals surface area contributed by atoms with E-state index in [1.165, 1.54) is 5.01 Å². The van der Waals surface area contributed by atoms with Gasteiger partial charge < -0.3 is 11.1 Å². The molecule has 0 aliphatic rings. The second kappa shape index (κ2) is 6.83. The molecule has 1 aromatic carbocycles. The van der Waals surface area contributed by atoms with E-state index in [-0.39, 0.29) is 6.54 Å². The summed E-state index contributed by atoms with van der Waals surface area (Å²) in [6.07, 6.45) is 0. The van der Waals surface area contributed by atoms with Crippen LogP contribution in [0.2, 0.25) is 5.02 Å². The zero-order chi connectivity index (χ0) is 13.5. The number of hydrogen-bond donors (Lipinski definition) is 3. The molecule has 0 fully saturated rings. The Morgan fingerprint density at radius 1 is 1.33 bits per heavy atom. The average Bonchev–Trinajstić information content (AvgIpc) is 2.27. The molecule has 0 saturated carbocycles. The van der Waals surface area contributed by atoms with Crippen LogP contribution in [-0.2, 0) is 11.3 Å². The molecule has 0 saturated heterocycles. The number of hydrogen-bond acceptors (Lipinski definition) is 3. The van der Waals surface area contributed by atoms with Crippen LogP contribution >= 0.6 is 11.6 Å². The predicted octanol–water partition coefficient (Wildman–Crippen LogP) is 0.471. The maximum atomic E-state index is 11.4. The van der Waals surface area contributed by atoms with Crippen LogP contribution in [-0.4, -0.2) is 30.5 Å². The lowest BCUT2D eigenvalue weighted by Gasteiger charge is -2.16. The Morgan fingerprint density at radius 2 is 1.94 bits per heavy atom. The van der Waals surface area contributed by atoms with Gasteiger partial charge in [0.05, 0.1) is 6.54 Å². The van der Waals surface area contributed by atoms with Crippen LogP contribution in [0.3, 0.4) is 0 Å². The zero-order valence-electron chi connectivity index (χ0n) is 9.94. The van der Waals surface area contributed by atoms with Crippen LogP contribution in [0.15, 0.2) is 24.3 Å². The molecule has 18 heavy (non-hydrogen) atoms. The fraction of sp³-hybridized carbons (Fsp3) is 0.273. The van der Waals surface area contributed by atoms with Gasteiger partial charge in [-0.1, -0.05) is 23.7 Å². The quantitative estimate of drug-likeness (QED) is 0.680. The molecule has 0 atom stereocenters. The fourth-order valence-electron chi connectivity index (χ4n) is 1.27. The first-order valence-corrected chi connectivity index (χ1v) is 5.63. The largest absolute Gasteiger partial charge is 0.368 e. The van der Waals surface area contributed by atoms with Crippen molar-refractivity contribution in [1.29, 1.82) is 0 Å². The first-order chi connectivity index (χ1) is 8.47. The van der Waals surface area contributed by atoms with Crippen LogP contribution in [0, 0.1) is 0 Å². The number of likely N-dealkylation sites (N-methyl/N-ethyl adjacent to an activating group) is 1. The van der Waals surface area contributed by atoms with E-state index in [0.717, 1.165) is 5.56 Å². The number of nitrogens with one attached hydrogen (secondary N) is 2. The molecular formula is C11H15ClN4O2. The van der Waals surface area contributed by atoms with Gasteiger partial charge in [0, 0.05) is 18.6 Å². The maximum absolute atomic E-state index is 11.4. The summed E-state index contributed by atoms with van der Waals surface area (Å²) in [6, 6.07) is 6.71. The van der Waals surface area contributed by atoms with Crippen molar-refractivity contribution in [2.45, 2.75) is 6.54 Å². The van der Waals surface area contributed by atoms with Gasteiger partial charge in [0.1, 0.15) is 0 Å². The molecule has 0 aliphatic heterocycles. The van der Waals surface area contributed by atoms with E-state index in [1.54, 1.807) is 19.2 Å². The van der Waals surface area contributed by atoms with E-state index in [9.17, 15) is 9.59 Å². The molecule has 4 N–H and O–H groups in total. The summed E-state index contributed by atoms with van der Waals surface area (Å²) in [7, 11) is 1.55. The van der Waals surface area contributed by atoms with Gasteiger partial charge in [0.2, 0.25) is 5.91 Å². The van der Waals surface area contributed by atoms with E-state index >= 15 is 0 Å². The fourth-order valence-corrected chi connectivity index (χ4v) is 1.40. The molecule has 0 radical (unpaired) electrons. The minimum absolute atomic E-state index is 0.0473. The molecule has 1 rings (SSSR count). The summed E-state index contributed by atoms with van der Waals surface area (Å²) in [6.45, 7) is 0.321. The highest BCUT2D eigenvalue weighted by Gasteiger charge is 2.06. The van der Waals surface area contributed by atoms with Crippen molar-refractivity contribution < 1.29 is 9.59 Å². The maximum Gasteiger partial charge on any atom is 0.329 e. The Morgan fingerprint density at radius 3 is 2.50 bits per heavy atom. The molecule has 98 valence electrons. The summed E-state index contributed by atoms with van der Waals surface area (Å²) in [4.78, 5) is 22.0. The SMILES string of the molecule is CN(CC(N)=O)NC(=O)NCc1ccc(Cl)cc1. The summed E-state index contributed by atoms with van der Waals surface area (Å²) >= 11 is 5.74. The van der Waals surface area contributed by atoms with Crippen molar-refractivity contribution >= 4 is 23.5 Å². The highest BCUT2D eigenvalue weighted by atomic mass is 35.5. The second-order valence-electron chi connectivity index (χ2n) is 3.74. The molecule has 6 nitrogen and oxygen atoms in total. The number of nitrogens with two attached hydrogens (primary N) is 1. The first-order valence-electron chi connectivity index (χ1n) is 5.25. The summed E-state index contributed by atoms with van der Waals surface area (Å²) in [5, 5.41) is 4.58. The number of halogens is 1. The summed E-state index contributed by atoms with van der Waals surface area (Å²) < 4.78 is 0. The molecule has 3 amide bonds. The first kappa shape index (κ1) is 14.3. The van der Waals surface area contributed by atoms with Gasteiger partial charge >= 0.3 is 6.03 Å². The van der Waals surface area contributed by atoms with Gasteiger partial charge in [-0.05, 0) is 17.7 Å². The van der Waals surface area contributed by atoms with Crippen molar-refractivity contribution in [3.63, 3.8) is 0 Å². The monoisotopic (exact) mass is 270 g/mol. The minimum atomic E-state index is -0.518. The molecule has 0 unspecified atom stereocenters. The highest BCUT2D eigenvalue weighted by Crippen LogP contribution is 2.08. The van der Waals surface area contributed by atoms with E-state index in [0.29, 0.717) is 11.6 Å². The molecule has 0 spiro atoms. The van der Waals surface area contributed by atoms with Crippen molar-refractivity contribution in [3.05, 3.63) is 34.9 Å². The standard InChI is InChI=1S/C11H15ClN4O2/c1-16(7-10(13)17)15-11(18)14-6-8-2-4-9(12)5-3-8/h2-5H,6-7H2,1H3,(H2,13,17)(H2,14,15,18). The molecule has 0 bridgehead atoms. The number of hydrazine groups is 1. The summed E-state index contributed by atoms with van der Waals surface area (Å²) in [5.74, 6) is -0.518. The third kappa shape index (κ3) is 5.51. The zero-order valence-corrected chi connectivity index (χ0v) is 10.7. The van der Waals surface area contributed by atoms with E-state index < -0.39 is 11.9 Å². The Balaban J connectivity index is 2.32. The third-order valence-corrected chi connectivity index (χ3v) is 2.30. The van der Waals surface area contributed by atoms with Gasteiger partial charge in [-0.25, -0.2) is 9.80 Å². The molecule has 0 aromatic heterocycles. The van der Waals surface area contributed by atoms with E-state index in [4.69, 9.17) is 17.3 Å². The second-order valence-corrected chi connectivity index (χ2v) is 4.18. The van der Waals surface area contributed by atoms with Crippen molar-refractivity contribution in [1.82, 2.24) is 15.8 Å². The van der Waals surface area contributed by atoms with Crippen LogP contribution in [0.4, 0.5) is 4.79 Å². The molecule has 0 heterocycles. The normalized spacial score (nSPS) is 10.2. The number of nitrogens with zero attached hydrogens (tertiary/aromatic N) is 1. The van der Waals surface area contributed by atoms with Crippen LogP contribution < -0.4 is 16.5 Å². The van der Waals surface area contributed by atoms with Crippen LogP contribution in [0.1, 0.15) is 5.56 Å². The lowest BCUT2D eigenvalue weighted by molar-refractivity contribution is -0.119. The van der Waals surface area contributed by atoms with Gasteiger partial charge in [0.15, 0.2) is 0 Å². The Labute approximate surface area is 110 Å². The lowest BCUT2D eigenvalue weighted by atomic mass is 10.2. The average molecular weight is 271 g/mol. The highest BCUT2D eigenvalue weighted by molar-refractivity contribution is 6.30. The summed E-state index contributed by atoms with van der Waals surface area (Å²) in [5.41, 5.74) is 8.36. The Hall–Kier alpha value is -1.79. The van der Waals surface area contributed by atoms with E-state index in [2.05, 4.69) is 10.7 Å². The molecule has 0 aliphatic carbocycles. The number of rotatable bonds is 5. The number of carbonyl (C=O) groups is 2. The number of carbonyl (C=O) groups excluding carboxylic acids is 2. The van der Waals surface area contributed by atoms with Gasteiger partial charge in [-0.2, -0.15) is 0 Å². The van der Waals surface area contributed by atoms with Crippen molar-refractivity contribution in [2.24, 2.45) is 5.73 Å². The number of benzene rings is 1. The molecule has 7 heteroatoms. The van der Waals surface area contributed by atoms with Gasteiger partial charge in [-0.15, -0.1) is 0 Å². The van der Waals surface area contributed by atoms with E-state index in [1.807, 2.05) is 12.1 Å². The molecule has 1 aromatic rings. The minimum Gasteiger partial charge on any atom is -0.368 e. The predicted molar refractivity (Wildman–Crippen MR) is 68.6 cm³/mol. The number of urea groups is 1. The van der Waals surface area contributed by atoms with Crippen molar-refractivity contribution in [2.75, 3.05) is 13.6 Å². The number of amides is 3. The van der Waals surface area contributed by atoms with Gasteiger partial charge in [0.25, 0.3) is 0 Å². The van der Waals surface area contributed by atoms with Crippen molar-refractivity contribution in [3.8, 4) is 0 Å². The van der Waals surface area contributed by atoms with Crippen LogP contribution in [0.25, 0.3) is 0 Å². The Kier molecular flexibility index (Phi) is 5.41. The topological polar surface area (TPSA) is 87.5 Å². The Bertz CT molecular complexity index is 422. The van der Waals surface area contributed by atoms with Crippen LogP contribution in [0.5, 0.6) is 0 Å². The third-order valence-electron chi connectivity index (χ3n) is 2.05. The number of primary amides is 1. The molecular weight excluding hydrogens is 256 g/mol. The lowest BCUT2D eigenvalue weighted by Crippen LogP contribution is -2.47.